The van der Waals surface area contributed by atoms with Crippen molar-refractivity contribution in [1.82, 2.24) is 20.4 Å². The molecule has 2 aromatic rings. The Labute approximate surface area is 230 Å². The molecule has 0 bridgehead atoms. The average molecular weight is 557 g/mol. The summed E-state index contributed by atoms with van der Waals surface area (Å²) in [4.78, 5) is 52.6. The van der Waals surface area contributed by atoms with Gasteiger partial charge in [-0.05, 0) is 42.0 Å². The number of nitrogens with one attached hydrogen (secondary N) is 4. The maximum Gasteiger partial charge on any atom is 0.327 e. The SMILES string of the molecule is COc1ccc(C2NC(SCC(=O)Nc3ccc(NC(C)=O)cc3)C3C(=O)N(C)C(=O)N(C)C3N2)cc1OC. The summed E-state index contributed by atoms with van der Waals surface area (Å²) in [6.07, 6.45) is -1.04. The lowest BCUT2D eigenvalue weighted by molar-refractivity contribution is -0.140. The van der Waals surface area contributed by atoms with Crippen LogP contribution in [0.4, 0.5) is 16.2 Å². The summed E-state index contributed by atoms with van der Waals surface area (Å²) in [5.74, 6) is -0.237. The molecule has 0 aliphatic carbocycles. The topological polar surface area (TPSA) is 141 Å². The first-order valence-electron chi connectivity index (χ1n) is 12.2. The van der Waals surface area contributed by atoms with Crippen LogP contribution in [0.1, 0.15) is 18.7 Å². The third-order valence-electron chi connectivity index (χ3n) is 6.58. The molecule has 13 heteroatoms. The van der Waals surface area contributed by atoms with E-state index in [9.17, 15) is 19.2 Å². The van der Waals surface area contributed by atoms with E-state index in [1.807, 2.05) is 12.1 Å². The van der Waals surface area contributed by atoms with Crippen molar-refractivity contribution in [2.75, 3.05) is 44.7 Å². The molecule has 2 aromatic carbocycles. The number of ether oxygens (including phenoxy) is 2. The minimum absolute atomic E-state index is 0.0572. The number of anilines is 2. The number of carbonyl (C=O) groups excluding carboxylic acids is 4. The Bertz CT molecular complexity index is 1260. The zero-order valence-electron chi connectivity index (χ0n) is 22.3. The molecule has 2 heterocycles. The Kier molecular flexibility index (Phi) is 8.63. The molecule has 2 fully saturated rings. The molecule has 4 rings (SSSR count). The van der Waals surface area contributed by atoms with Crippen LogP contribution in [0.5, 0.6) is 11.5 Å². The van der Waals surface area contributed by atoms with Gasteiger partial charge in [-0.3, -0.25) is 29.9 Å². The lowest BCUT2D eigenvalue weighted by Gasteiger charge is -2.50. The molecule has 4 N–H and O–H groups in total. The predicted octanol–water partition coefficient (Wildman–Crippen LogP) is 2.02. The number of methoxy groups -OCH3 is 2. The van der Waals surface area contributed by atoms with Crippen molar-refractivity contribution in [3.63, 3.8) is 0 Å². The molecule has 0 aromatic heterocycles. The van der Waals surface area contributed by atoms with Crippen LogP contribution >= 0.6 is 11.8 Å². The highest BCUT2D eigenvalue weighted by atomic mass is 32.2. The fourth-order valence-electron chi connectivity index (χ4n) is 4.63. The zero-order chi connectivity index (χ0) is 28.3. The Balaban J connectivity index is 1.51. The number of hydrogen-bond donors (Lipinski definition) is 4. The first-order valence-corrected chi connectivity index (χ1v) is 13.2. The number of amides is 5. The standard InChI is InChI=1S/C26H32N6O6S/c1-14(33)27-16-7-9-17(10-8-16)28-20(34)13-39-24-21-23(31(2)26(36)32(3)25(21)35)29-22(30-24)15-6-11-18(37-4)19(12-15)38-5/h6-12,21-24,29-30H,13H2,1-5H3,(H,27,33)(H,28,34). The fourth-order valence-corrected chi connectivity index (χ4v) is 5.73. The Morgan fingerprint density at radius 2 is 1.59 bits per heavy atom. The van der Waals surface area contributed by atoms with Gasteiger partial charge in [0.25, 0.3) is 0 Å². The van der Waals surface area contributed by atoms with Gasteiger partial charge in [0, 0.05) is 32.4 Å². The minimum Gasteiger partial charge on any atom is -0.493 e. The lowest BCUT2D eigenvalue weighted by atomic mass is 9.96. The number of rotatable bonds is 8. The van der Waals surface area contributed by atoms with Crippen LogP contribution in [0.15, 0.2) is 42.5 Å². The fraction of sp³-hybridized carbons (Fsp3) is 0.385. The first kappa shape index (κ1) is 28.2. The number of thioether (sulfide) groups is 1. The molecular formula is C26H32N6O6S. The highest BCUT2D eigenvalue weighted by molar-refractivity contribution is 8.00. The zero-order valence-corrected chi connectivity index (χ0v) is 23.1. The molecule has 2 aliphatic rings. The highest BCUT2D eigenvalue weighted by Gasteiger charge is 2.51. The van der Waals surface area contributed by atoms with E-state index in [-0.39, 0.29) is 23.5 Å². The molecule has 0 spiro atoms. The highest BCUT2D eigenvalue weighted by Crippen LogP contribution is 2.36. The van der Waals surface area contributed by atoms with Crippen molar-refractivity contribution in [2.24, 2.45) is 5.92 Å². The van der Waals surface area contributed by atoms with Gasteiger partial charge in [-0.1, -0.05) is 6.07 Å². The Morgan fingerprint density at radius 3 is 2.21 bits per heavy atom. The predicted molar refractivity (Wildman–Crippen MR) is 147 cm³/mol. The van der Waals surface area contributed by atoms with Crippen molar-refractivity contribution in [3.8, 4) is 11.5 Å². The van der Waals surface area contributed by atoms with Crippen LogP contribution in [0.2, 0.25) is 0 Å². The van der Waals surface area contributed by atoms with E-state index < -0.39 is 29.7 Å². The van der Waals surface area contributed by atoms with Gasteiger partial charge < -0.3 is 25.0 Å². The van der Waals surface area contributed by atoms with Gasteiger partial charge in [-0.15, -0.1) is 11.8 Å². The quantitative estimate of drug-likeness (QED) is 0.384. The van der Waals surface area contributed by atoms with Gasteiger partial charge in [0.2, 0.25) is 17.7 Å². The van der Waals surface area contributed by atoms with Crippen LogP contribution < -0.4 is 30.7 Å². The van der Waals surface area contributed by atoms with Crippen LogP contribution in [-0.4, -0.2) is 79.2 Å². The van der Waals surface area contributed by atoms with Gasteiger partial charge in [0.1, 0.15) is 0 Å². The minimum atomic E-state index is -0.635. The van der Waals surface area contributed by atoms with Crippen LogP contribution in [-0.2, 0) is 14.4 Å². The number of carbonyl (C=O) groups is 4. The summed E-state index contributed by atoms with van der Waals surface area (Å²) in [5, 5.41) is 11.8. The largest absolute Gasteiger partial charge is 0.493 e. The normalized spacial score (nSPS) is 22.7. The molecule has 2 aliphatic heterocycles. The molecule has 0 radical (unpaired) electrons. The molecule has 2 saturated heterocycles. The van der Waals surface area contributed by atoms with Gasteiger partial charge in [-0.25, -0.2) is 4.79 Å². The Morgan fingerprint density at radius 1 is 0.949 bits per heavy atom. The summed E-state index contributed by atoms with van der Waals surface area (Å²) in [5.41, 5.74) is 2.01. The van der Waals surface area contributed by atoms with E-state index in [2.05, 4.69) is 21.3 Å². The number of nitrogens with zero attached hydrogens (tertiary/aromatic N) is 2. The first-order chi connectivity index (χ1) is 18.6. The second-order valence-corrected chi connectivity index (χ2v) is 10.3. The maximum atomic E-state index is 13.2. The molecule has 0 saturated carbocycles. The third kappa shape index (κ3) is 6.10. The van der Waals surface area contributed by atoms with Gasteiger partial charge >= 0.3 is 6.03 Å². The van der Waals surface area contributed by atoms with Crippen LogP contribution in [0.3, 0.4) is 0 Å². The Hall–Kier alpha value is -3.81. The molecular weight excluding hydrogens is 524 g/mol. The second-order valence-electron chi connectivity index (χ2n) is 9.18. The van der Waals surface area contributed by atoms with E-state index in [1.165, 1.54) is 30.6 Å². The molecule has 208 valence electrons. The molecule has 4 unspecified atom stereocenters. The maximum absolute atomic E-state index is 13.2. The number of fused-ring (bicyclic) bond motifs is 1. The van der Waals surface area contributed by atoms with Crippen molar-refractivity contribution in [1.29, 1.82) is 0 Å². The van der Waals surface area contributed by atoms with E-state index in [1.54, 1.807) is 51.6 Å². The van der Waals surface area contributed by atoms with Crippen molar-refractivity contribution >= 4 is 46.9 Å². The lowest BCUT2D eigenvalue weighted by Crippen LogP contribution is -2.72. The smallest absolute Gasteiger partial charge is 0.327 e. The number of benzene rings is 2. The van der Waals surface area contributed by atoms with Gasteiger partial charge in [0.05, 0.1) is 43.6 Å². The van der Waals surface area contributed by atoms with Crippen molar-refractivity contribution in [3.05, 3.63) is 48.0 Å². The van der Waals surface area contributed by atoms with E-state index in [0.717, 1.165) is 10.5 Å². The molecule has 12 nitrogen and oxygen atoms in total. The summed E-state index contributed by atoms with van der Waals surface area (Å²) < 4.78 is 10.8. The molecule has 5 amide bonds. The monoisotopic (exact) mass is 556 g/mol. The van der Waals surface area contributed by atoms with E-state index >= 15 is 0 Å². The number of imide groups is 1. The summed E-state index contributed by atoms with van der Waals surface area (Å²) in [7, 11) is 6.20. The van der Waals surface area contributed by atoms with Crippen molar-refractivity contribution < 1.29 is 28.7 Å². The van der Waals surface area contributed by atoms with Gasteiger partial charge in [-0.2, -0.15) is 0 Å². The summed E-state index contributed by atoms with van der Waals surface area (Å²) in [6.45, 7) is 1.42. The van der Waals surface area contributed by atoms with Crippen LogP contribution in [0.25, 0.3) is 0 Å². The third-order valence-corrected chi connectivity index (χ3v) is 7.80. The van der Waals surface area contributed by atoms with Gasteiger partial charge in [0.15, 0.2) is 11.5 Å². The van der Waals surface area contributed by atoms with Crippen molar-refractivity contribution in [2.45, 2.75) is 24.6 Å². The van der Waals surface area contributed by atoms with E-state index in [4.69, 9.17) is 9.47 Å². The molecule has 39 heavy (non-hydrogen) atoms. The molecule has 4 atom stereocenters. The number of hydrogen-bond acceptors (Lipinski definition) is 9. The summed E-state index contributed by atoms with van der Waals surface area (Å²) in [6, 6.07) is 11.8. The van der Waals surface area contributed by atoms with Crippen LogP contribution in [0, 0.1) is 5.92 Å². The second kappa shape index (κ2) is 11.9. The average Bonchev–Trinajstić information content (AvgIpc) is 2.93. The number of urea groups is 1. The summed E-state index contributed by atoms with van der Waals surface area (Å²) >= 11 is 1.29. The van der Waals surface area contributed by atoms with E-state index in [0.29, 0.717) is 22.9 Å².